The zero-order chi connectivity index (χ0) is 10.1. The number of hydrogen-bond donors (Lipinski definition) is 1. The standard InChI is InChI=1S/C13H19N/c1-9(2)7-10-5-3-4-6-11(10)12-8-13(12)14/h3-6,9,12-13H,7-8,14H2,1-2H3/t12-,13+/m0/s1. The SMILES string of the molecule is CC(C)Cc1ccccc1[C@@H]1C[C@H]1N. The van der Waals surface area contributed by atoms with Gasteiger partial charge < -0.3 is 5.73 Å². The Kier molecular flexibility index (Phi) is 2.60. The Morgan fingerprint density at radius 1 is 1.36 bits per heavy atom. The summed E-state index contributed by atoms with van der Waals surface area (Å²) in [6, 6.07) is 9.18. The molecule has 0 spiro atoms. The van der Waals surface area contributed by atoms with Gasteiger partial charge in [-0.1, -0.05) is 38.1 Å². The van der Waals surface area contributed by atoms with Crippen LogP contribution in [0.25, 0.3) is 0 Å². The molecule has 2 N–H and O–H groups in total. The van der Waals surface area contributed by atoms with Gasteiger partial charge in [0, 0.05) is 12.0 Å². The Balaban J connectivity index is 2.20. The molecule has 76 valence electrons. The van der Waals surface area contributed by atoms with E-state index in [-0.39, 0.29) is 0 Å². The highest BCUT2D eigenvalue weighted by molar-refractivity contribution is 5.35. The van der Waals surface area contributed by atoms with Gasteiger partial charge >= 0.3 is 0 Å². The van der Waals surface area contributed by atoms with Crippen LogP contribution in [0.3, 0.4) is 0 Å². The average Bonchev–Trinajstić information content (AvgIpc) is 2.82. The summed E-state index contributed by atoms with van der Waals surface area (Å²) in [6.45, 7) is 4.53. The molecule has 1 aliphatic rings. The first-order valence-electron chi connectivity index (χ1n) is 5.52. The van der Waals surface area contributed by atoms with E-state index in [0.29, 0.717) is 12.0 Å². The first-order chi connectivity index (χ1) is 6.68. The lowest BCUT2D eigenvalue weighted by Crippen LogP contribution is -2.04. The molecule has 1 heteroatoms. The summed E-state index contributed by atoms with van der Waals surface area (Å²) in [7, 11) is 0. The van der Waals surface area contributed by atoms with E-state index in [1.165, 1.54) is 24.0 Å². The molecule has 0 heterocycles. The van der Waals surface area contributed by atoms with Crippen molar-refractivity contribution in [1.82, 2.24) is 0 Å². The summed E-state index contributed by atoms with van der Waals surface area (Å²) in [5, 5.41) is 0. The number of hydrogen-bond acceptors (Lipinski definition) is 1. The predicted octanol–water partition coefficient (Wildman–Crippen LogP) is 2.70. The lowest BCUT2D eigenvalue weighted by atomic mass is 9.95. The van der Waals surface area contributed by atoms with Crippen LogP contribution >= 0.6 is 0 Å². The smallest absolute Gasteiger partial charge is 0.0115 e. The van der Waals surface area contributed by atoms with Crippen molar-refractivity contribution in [2.75, 3.05) is 0 Å². The fraction of sp³-hybridized carbons (Fsp3) is 0.538. The summed E-state index contributed by atoms with van der Waals surface area (Å²) in [4.78, 5) is 0. The minimum absolute atomic E-state index is 0.420. The van der Waals surface area contributed by atoms with Crippen molar-refractivity contribution in [3.63, 3.8) is 0 Å². The van der Waals surface area contributed by atoms with Gasteiger partial charge in [0.2, 0.25) is 0 Å². The van der Waals surface area contributed by atoms with Gasteiger partial charge in [0.25, 0.3) is 0 Å². The van der Waals surface area contributed by atoms with Gasteiger partial charge in [-0.3, -0.25) is 0 Å². The van der Waals surface area contributed by atoms with Crippen LogP contribution < -0.4 is 5.73 Å². The van der Waals surface area contributed by atoms with Gasteiger partial charge in [0.15, 0.2) is 0 Å². The maximum atomic E-state index is 5.90. The number of nitrogens with two attached hydrogens (primary N) is 1. The van der Waals surface area contributed by atoms with E-state index < -0.39 is 0 Å². The molecule has 0 radical (unpaired) electrons. The van der Waals surface area contributed by atoms with Crippen LogP contribution in [-0.2, 0) is 6.42 Å². The van der Waals surface area contributed by atoms with Crippen LogP contribution in [0.2, 0.25) is 0 Å². The molecule has 1 nitrogen and oxygen atoms in total. The lowest BCUT2D eigenvalue weighted by Gasteiger charge is -2.10. The molecule has 1 fully saturated rings. The fourth-order valence-electron chi connectivity index (χ4n) is 2.09. The lowest BCUT2D eigenvalue weighted by molar-refractivity contribution is 0.642. The van der Waals surface area contributed by atoms with Gasteiger partial charge in [-0.2, -0.15) is 0 Å². The van der Waals surface area contributed by atoms with E-state index in [1.807, 2.05) is 0 Å². The van der Waals surface area contributed by atoms with Crippen molar-refractivity contribution < 1.29 is 0 Å². The van der Waals surface area contributed by atoms with Gasteiger partial charge in [-0.25, -0.2) is 0 Å². The summed E-state index contributed by atoms with van der Waals surface area (Å²) in [5.74, 6) is 1.37. The first-order valence-corrected chi connectivity index (χ1v) is 5.52. The van der Waals surface area contributed by atoms with Crippen LogP contribution in [0.1, 0.15) is 37.3 Å². The summed E-state index contributed by atoms with van der Waals surface area (Å²) in [6.07, 6.45) is 2.36. The zero-order valence-electron chi connectivity index (χ0n) is 9.03. The third-order valence-corrected chi connectivity index (χ3v) is 2.92. The van der Waals surface area contributed by atoms with Crippen molar-refractivity contribution >= 4 is 0 Å². The molecule has 1 aliphatic carbocycles. The second kappa shape index (κ2) is 3.74. The van der Waals surface area contributed by atoms with Crippen molar-refractivity contribution in [3.8, 4) is 0 Å². The average molecular weight is 189 g/mol. The van der Waals surface area contributed by atoms with Crippen LogP contribution in [0.4, 0.5) is 0 Å². The van der Waals surface area contributed by atoms with E-state index in [9.17, 15) is 0 Å². The van der Waals surface area contributed by atoms with Crippen molar-refractivity contribution in [1.29, 1.82) is 0 Å². The second-order valence-electron chi connectivity index (χ2n) is 4.80. The van der Waals surface area contributed by atoms with Crippen molar-refractivity contribution in [2.24, 2.45) is 11.7 Å². The van der Waals surface area contributed by atoms with E-state index in [4.69, 9.17) is 5.73 Å². The van der Waals surface area contributed by atoms with E-state index in [1.54, 1.807) is 0 Å². The molecule has 2 atom stereocenters. The molecule has 14 heavy (non-hydrogen) atoms. The molecule has 1 aromatic carbocycles. The highest BCUT2D eigenvalue weighted by Gasteiger charge is 2.35. The molecule has 1 saturated carbocycles. The van der Waals surface area contributed by atoms with Crippen LogP contribution in [0.5, 0.6) is 0 Å². The van der Waals surface area contributed by atoms with Gasteiger partial charge in [-0.05, 0) is 29.9 Å². The molecule has 0 unspecified atom stereocenters. The third-order valence-electron chi connectivity index (χ3n) is 2.92. The largest absolute Gasteiger partial charge is 0.327 e. The van der Waals surface area contributed by atoms with Gasteiger partial charge in [0.1, 0.15) is 0 Å². The molecular weight excluding hydrogens is 170 g/mol. The molecular formula is C13H19N. The first kappa shape index (κ1) is 9.72. The minimum atomic E-state index is 0.420. The third kappa shape index (κ3) is 1.98. The molecule has 0 amide bonds. The quantitative estimate of drug-likeness (QED) is 0.777. The topological polar surface area (TPSA) is 26.0 Å². The monoisotopic (exact) mass is 189 g/mol. The Morgan fingerprint density at radius 2 is 2.00 bits per heavy atom. The van der Waals surface area contributed by atoms with E-state index in [2.05, 4.69) is 38.1 Å². The maximum Gasteiger partial charge on any atom is 0.0115 e. The van der Waals surface area contributed by atoms with E-state index >= 15 is 0 Å². The second-order valence-corrected chi connectivity index (χ2v) is 4.80. The maximum absolute atomic E-state index is 5.90. The van der Waals surface area contributed by atoms with Crippen LogP contribution in [0.15, 0.2) is 24.3 Å². The Labute approximate surface area is 86.3 Å². The van der Waals surface area contributed by atoms with Crippen LogP contribution in [-0.4, -0.2) is 6.04 Å². The zero-order valence-corrected chi connectivity index (χ0v) is 9.03. The molecule has 0 bridgehead atoms. The van der Waals surface area contributed by atoms with Crippen molar-refractivity contribution in [3.05, 3.63) is 35.4 Å². The van der Waals surface area contributed by atoms with Gasteiger partial charge in [0.05, 0.1) is 0 Å². The molecule has 2 rings (SSSR count). The minimum Gasteiger partial charge on any atom is -0.327 e. The molecule has 0 saturated heterocycles. The number of rotatable bonds is 3. The number of benzene rings is 1. The summed E-state index contributed by atoms with van der Waals surface area (Å²) >= 11 is 0. The predicted molar refractivity (Wildman–Crippen MR) is 60.3 cm³/mol. The Morgan fingerprint density at radius 3 is 2.57 bits per heavy atom. The normalized spacial score (nSPS) is 25.4. The van der Waals surface area contributed by atoms with E-state index in [0.717, 1.165) is 5.92 Å². The highest BCUT2D eigenvalue weighted by atomic mass is 14.7. The Hall–Kier alpha value is -0.820. The van der Waals surface area contributed by atoms with Crippen molar-refractivity contribution in [2.45, 2.75) is 38.6 Å². The molecule has 1 aromatic rings. The molecule has 0 aromatic heterocycles. The van der Waals surface area contributed by atoms with Crippen LogP contribution in [0, 0.1) is 5.92 Å². The fourth-order valence-corrected chi connectivity index (χ4v) is 2.09. The summed E-state index contributed by atoms with van der Waals surface area (Å²) in [5.41, 5.74) is 8.89. The Bertz CT molecular complexity index is 317. The summed E-state index contributed by atoms with van der Waals surface area (Å²) < 4.78 is 0. The molecule has 0 aliphatic heterocycles. The van der Waals surface area contributed by atoms with Gasteiger partial charge in [-0.15, -0.1) is 0 Å². The highest BCUT2D eigenvalue weighted by Crippen LogP contribution is 2.40.